The lowest BCUT2D eigenvalue weighted by atomic mass is 10.1. The van der Waals surface area contributed by atoms with Crippen molar-refractivity contribution in [3.63, 3.8) is 0 Å². The van der Waals surface area contributed by atoms with Gasteiger partial charge >= 0.3 is 0 Å². The topological polar surface area (TPSA) is 83.8 Å². The molecule has 0 atom stereocenters. The van der Waals surface area contributed by atoms with Gasteiger partial charge in [0.15, 0.2) is 0 Å². The van der Waals surface area contributed by atoms with Crippen molar-refractivity contribution < 1.29 is 13.6 Å². The van der Waals surface area contributed by atoms with Gasteiger partial charge < -0.3 is 14.7 Å². The number of aromatic amines is 1. The van der Waals surface area contributed by atoms with Crippen molar-refractivity contribution >= 4 is 28.6 Å². The van der Waals surface area contributed by atoms with Gasteiger partial charge in [0.05, 0.1) is 11.3 Å². The highest BCUT2D eigenvalue weighted by molar-refractivity contribution is 7.99. The molecule has 2 heterocycles. The molecular weight excluding hydrogens is 379 g/mol. The predicted octanol–water partition coefficient (Wildman–Crippen LogP) is 4.07. The number of hydrogen-bond donors (Lipinski definition) is 2. The van der Waals surface area contributed by atoms with Crippen LogP contribution >= 0.6 is 11.8 Å². The smallest absolute Gasteiger partial charge is 0.277 e. The normalized spacial score (nSPS) is 11.1. The lowest BCUT2D eigenvalue weighted by Gasteiger charge is -2.05. The highest BCUT2D eigenvalue weighted by atomic mass is 32.2. The van der Waals surface area contributed by atoms with Crippen molar-refractivity contribution in [2.24, 2.45) is 0 Å². The molecule has 2 aromatic carbocycles. The van der Waals surface area contributed by atoms with Crippen molar-refractivity contribution in [3.8, 4) is 11.5 Å². The molecule has 142 valence electrons. The van der Waals surface area contributed by atoms with E-state index in [0.717, 1.165) is 28.2 Å². The molecule has 2 aromatic heterocycles. The van der Waals surface area contributed by atoms with Crippen LogP contribution in [0.15, 0.2) is 58.3 Å². The number of aromatic nitrogens is 3. The number of nitrogens with zero attached hydrogens (tertiary/aromatic N) is 2. The lowest BCUT2D eigenvalue weighted by molar-refractivity contribution is -0.118. The Morgan fingerprint density at radius 1 is 1.25 bits per heavy atom. The van der Waals surface area contributed by atoms with E-state index in [0.29, 0.717) is 22.2 Å². The molecule has 4 aromatic rings. The SMILES string of the molecule is Cc1ccc(CNC(=O)CSc2nnc(-c3c[nH]c4ccccc34)o2)cc1F. The van der Waals surface area contributed by atoms with Gasteiger partial charge in [-0.05, 0) is 30.2 Å². The first kappa shape index (κ1) is 18.2. The van der Waals surface area contributed by atoms with Gasteiger partial charge in [-0.3, -0.25) is 4.79 Å². The van der Waals surface area contributed by atoms with E-state index in [4.69, 9.17) is 4.42 Å². The Bertz CT molecular complexity index is 1140. The third-order valence-corrected chi connectivity index (χ3v) is 5.10. The maximum absolute atomic E-state index is 13.5. The average Bonchev–Trinajstić information content (AvgIpc) is 3.34. The lowest BCUT2D eigenvalue weighted by Crippen LogP contribution is -2.24. The Morgan fingerprint density at radius 2 is 2.11 bits per heavy atom. The van der Waals surface area contributed by atoms with Crippen molar-refractivity contribution in [1.29, 1.82) is 0 Å². The van der Waals surface area contributed by atoms with E-state index in [2.05, 4.69) is 20.5 Å². The van der Waals surface area contributed by atoms with Crippen molar-refractivity contribution in [2.75, 3.05) is 5.75 Å². The summed E-state index contributed by atoms with van der Waals surface area (Å²) in [7, 11) is 0. The molecule has 0 bridgehead atoms. The van der Waals surface area contributed by atoms with Crippen molar-refractivity contribution in [1.82, 2.24) is 20.5 Å². The zero-order valence-electron chi connectivity index (χ0n) is 15.0. The summed E-state index contributed by atoms with van der Waals surface area (Å²) < 4.78 is 19.2. The number of carbonyl (C=O) groups is 1. The van der Waals surface area contributed by atoms with E-state index in [1.807, 2.05) is 30.5 Å². The van der Waals surface area contributed by atoms with Gasteiger partial charge in [0, 0.05) is 23.6 Å². The summed E-state index contributed by atoms with van der Waals surface area (Å²) in [6.07, 6.45) is 1.82. The number of aryl methyl sites for hydroxylation is 1. The van der Waals surface area contributed by atoms with E-state index in [9.17, 15) is 9.18 Å². The van der Waals surface area contributed by atoms with E-state index < -0.39 is 0 Å². The molecule has 0 radical (unpaired) electrons. The van der Waals surface area contributed by atoms with E-state index in [-0.39, 0.29) is 24.0 Å². The van der Waals surface area contributed by atoms with Crippen LogP contribution in [0.2, 0.25) is 0 Å². The summed E-state index contributed by atoms with van der Waals surface area (Å²) in [5.74, 6) is 0.0502. The summed E-state index contributed by atoms with van der Waals surface area (Å²) in [5, 5.41) is 12.1. The number of hydrogen-bond acceptors (Lipinski definition) is 5. The van der Waals surface area contributed by atoms with E-state index in [1.165, 1.54) is 6.07 Å². The van der Waals surface area contributed by atoms with Crippen LogP contribution in [0.5, 0.6) is 0 Å². The first-order valence-electron chi connectivity index (χ1n) is 8.64. The minimum atomic E-state index is -0.281. The molecule has 0 aliphatic rings. The number of amides is 1. The minimum Gasteiger partial charge on any atom is -0.411 e. The molecule has 0 aliphatic heterocycles. The Labute approximate surface area is 164 Å². The number of thioether (sulfide) groups is 1. The Hall–Kier alpha value is -3.13. The minimum absolute atomic E-state index is 0.129. The number of halogens is 1. The zero-order valence-corrected chi connectivity index (χ0v) is 15.8. The number of rotatable bonds is 6. The molecule has 4 rings (SSSR count). The van der Waals surface area contributed by atoms with E-state index in [1.54, 1.807) is 19.1 Å². The molecule has 0 saturated carbocycles. The number of benzene rings is 2. The Morgan fingerprint density at radius 3 is 2.96 bits per heavy atom. The van der Waals surface area contributed by atoms with Crippen LogP contribution in [-0.2, 0) is 11.3 Å². The second kappa shape index (κ2) is 7.85. The average molecular weight is 396 g/mol. The standard InChI is InChI=1S/C20H17FN4O2S/c1-12-6-7-13(8-16(12)21)9-23-18(26)11-28-20-25-24-19(27-20)15-10-22-17-5-3-2-4-14(15)17/h2-8,10,22H,9,11H2,1H3,(H,23,26). The second-order valence-electron chi connectivity index (χ2n) is 6.27. The fourth-order valence-electron chi connectivity index (χ4n) is 2.75. The number of carbonyl (C=O) groups excluding carboxylic acids is 1. The summed E-state index contributed by atoms with van der Waals surface area (Å²) >= 11 is 1.16. The molecular formula is C20H17FN4O2S. The van der Waals surface area contributed by atoms with Crippen LogP contribution in [0.3, 0.4) is 0 Å². The molecule has 0 aliphatic carbocycles. The molecule has 0 unspecified atom stereocenters. The van der Waals surface area contributed by atoms with Crippen molar-refractivity contribution in [3.05, 3.63) is 65.6 Å². The number of H-pyrrole nitrogens is 1. The maximum Gasteiger partial charge on any atom is 0.277 e. The van der Waals surface area contributed by atoms with Crippen LogP contribution in [0, 0.1) is 12.7 Å². The third kappa shape index (κ3) is 3.91. The van der Waals surface area contributed by atoms with Gasteiger partial charge in [-0.25, -0.2) is 4.39 Å². The monoisotopic (exact) mass is 396 g/mol. The summed E-state index contributed by atoms with van der Waals surface area (Å²) in [4.78, 5) is 15.2. The first-order chi connectivity index (χ1) is 13.6. The van der Waals surface area contributed by atoms with Gasteiger partial charge in [0.2, 0.25) is 5.91 Å². The molecule has 8 heteroatoms. The Balaban J connectivity index is 1.34. The van der Waals surface area contributed by atoms with Gasteiger partial charge in [-0.2, -0.15) is 0 Å². The molecule has 1 amide bonds. The van der Waals surface area contributed by atoms with Crippen molar-refractivity contribution in [2.45, 2.75) is 18.7 Å². The van der Waals surface area contributed by atoms with Crippen LogP contribution in [-0.4, -0.2) is 26.8 Å². The molecule has 6 nitrogen and oxygen atoms in total. The fraction of sp³-hybridized carbons (Fsp3) is 0.150. The molecule has 2 N–H and O–H groups in total. The predicted molar refractivity (Wildman–Crippen MR) is 105 cm³/mol. The molecule has 0 spiro atoms. The first-order valence-corrected chi connectivity index (χ1v) is 9.63. The van der Waals surface area contributed by atoms with Gasteiger partial charge in [-0.15, -0.1) is 10.2 Å². The second-order valence-corrected chi connectivity index (χ2v) is 7.20. The Kier molecular flexibility index (Phi) is 5.12. The van der Waals surface area contributed by atoms with Gasteiger partial charge in [-0.1, -0.05) is 42.1 Å². The van der Waals surface area contributed by atoms with Crippen LogP contribution in [0.4, 0.5) is 4.39 Å². The zero-order chi connectivity index (χ0) is 19.5. The molecule has 0 fully saturated rings. The summed E-state index contributed by atoms with van der Waals surface area (Å²) in [5.41, 5.74) is 3.09. The van der Waals surface area contributed by atoms with Gasteiger partial charge in [0.1, 0.15) is 5.82 Å². The van der Waals surface area contributed by atoms with Crippen LogP contribution < -0.4 is 5.32 Å². The number of fused-ring (bicyclic) bond motifs is 1. The van der Waals surface area contributed by atoms with E-state index >= 15 is 0 Å². The van der Waals surface area contributed by atoms with Gasteiger partial charge in [0.25, 0.3) is 11.1 Å². The number of nitrogens with one attached hydrogen (secondary N) is 2. The number of para-hydroxylation sites is 1. The summed E-state index contributed by atoms with van der Waals surface area (Å²) in [6, 6.07) is 12.7. The van der Waals surface area contributed by atoms with Crippen LogP contribution in [0.25, 0.3) is 22.4 Å². The quantitative estimate of drug-likeness (QED) is 0.480. The molecule has 28 heavy (non-hydrogen) atoms. The largest absolute Gasteiger partial charge is 0.411 e. The fourth-order valence-corrected chi connectivity index (χ4v) is 3.34. The van der Waals surface area contributed by atoms with Crippen LogP contribution in [0.1, 0.15) is 11.1 Å². The molecule has 0 saturated heterocycles. The highest BCUT2D eigenvalue weighted by Crippen LogP contribution is 2.29. The highest BCUT2D eigenvalue weighted by Gasteiger charge is 2.14. The third-order valence-electron chi connectivity index (χ3n) is 4.28. The maximum atomic E-state index is 13.5. The summed E-state index contributed by atoms with van der Waals surface area (Å²) in [6.45, 7) is 1.96.